The Morgan fingerprint density at radius 2 is 1.78 bits per heavy atom. The Kier molecular flexibility index (Phi) is 4.19. The molecule has 0 spiro atoms. The first-order valence-corrected chi connectivity index (χ1v) is 7.46. The third-order valence-electron chi connectivity index (χ3n) is 4.10. The van der Waals surface area contributed by atoms with E-state index in [4.69, 9.17) is 18.9 Å². The maximum atomic E-state index is 10.1. The van der Waals surface area contributed by atoms with Gasteiger partial charge in [0.05, 0.1) is 21.3 Å². The number of benzene rings is 2. The van der Waals surface area contributed by atoms with Gasteiger partial charge >= 0.3 is 0 Å². The third kappa shape index (κ3) is 2.63. The highest BCUT2D eigenvalue weighted by atomic mass is 16.5. The Balaban J connectivity index is 2.04. The molecule has 1 N–H and O–H groups in total. The van der Waals surface area contributed by atoms with Gasteiger partial charge in [0.15, 0.2) is 11.5 Å². The van der Waals surface area contributed by atoms with Crippen molar-refractivity contribution in [3.8, 4) is 28.7 Å². The van der Waals surface area contributed by atoms with Crippen LogP contribution in [0.25, 0.3) is 0 Å². The van der Waals surface area contributed by atoms with E-state index in [2.05, 4.69) is 0 Å². The van der Waals surface area contributed by atoms with Crippen LogP contribution in [0.4, 0.5) is 0 Å². The fraction of sp³-hybridized carbons (Fsp3) is 0.333. The summed E-state index contributed by atoms with van der Waals surface area (Å²) in [6.07, 6.45) is 1.38. The van der Waals surface area contributed by atoms with Crippen molar-refractivity contribution in [1.29, 1.82) is 0 Å². The van der Waals surface area contributed by atoms with Gasteiger partial charge in [0.2, 0.25) is 5.75 Å². The molecule has 122 valence electrons. The Bertz CT molecular complexity index is 711. The molecule has 5 heteroatoms. The zero-order valence-electron chi connectivity index (χ0n) is 13.5. The van der Waals surface area contributed by atoms with Crippen molar-refractivity contribution in [2.45, 2.75) is 18.9 Å². The molecule has 0 fully saturated rings. The summed E-state index contributed by atoms with van der Waals surface area (Å²) in [5.74, 6) is 2.26. The lowest BCUT2D eigenvalue weighted by Gasteiger charge is -2.29. The Morgan fingerprint density at radius 3 is 2.48 bits per heavy atom. The molecule has 2 aromatic rings. The molecule has 0 amide bonds. The van der Waals surface area contributed by atoms with E-state index in [1.807, 2.05) is 24.3 Å². The Labute approximate surface area is 135 Å². The van der Waals surface area contributed by atoms with Crippen molar-refractivity contribution in [3.05, 3.63) is 41.5 Å². The topological polar surface area (TPSA) is 57.2 Å². The molecule has 0 bridgehead atoms. The number of hydrogen-bond donors (Lipinski definition) is 1. The van der Waals surface area contributed by atoms with Gasteiger partial charge < -0.3 is 24.1 Å². The van der Waals surface area contributed by atoms with Gasteiger partial charge in [0, 0.05) is 17.2 Å². The molecule has 1 aliphatic heterocycles. The zero-order valence-corrected chi connectivity index (χ0v) is 13.5. The molecule has 0 unspecified atom stereocenters. The highest BCUT2D eigenvalue weighted by molar-refractivity contribution is 5.62. The van der Waals surface area contributed by atoms with Crippen LogP contribution in [0, 0.1) is 0 Å². The Hall–Kier alpha value is -2.56. The number of hydrogen-bond acceptors (Lipinski definition) is 5. The van der Waals surface area contributed by atoms with Crippen molar-refractivity contribution >= 4 is 0 Å². The van der Waals surface area contributed by atoms with Crippen LogP contribution in [0.2, 0.25) is 0 Å². The molecule has 23 heavy (non-hydrogen) atoms. The number of methoxy groups -OCH3 is 3. The van der Waals surface area contributed by atoms with Gasteiger partial charge in [-0.1, -0.05) is 18.2 Å². The predicted octanol–water partition coefficient (Wildman–Crippen LogP) is 3.48. The average Bonchev–Trinajstić information content (AvgIpc) is 2.60. The van der Waals surface area contributed by atoms with Crippen molar-refractivity contribution < 1.29 is 24.1 Å². The van der Waals surface area contributed by atoms with Crippen molar-refractivity contribution in [2.75, 3.05) is 21.3 Å². The van der Waals surface area contributed by atoms with E-state index in [0.717, 1.165) is 29.7 Å². The molecule has 2 aromatic carbocycles. The molecular formula is C18H20O5. The van der Waals surface area contributed by atoms with E-state index in [9.17, 15) is 5.11 Å². The standard InChI is InChI=1S/C18H20O5/c1-20-14-7-5-4-6-11(14)15-9-8-12-16(21-2)10-13(19)18(22-3)17(12)23-15/h4-7,10,15,19H,8-9H2,1-3H3/t15-/m1/s1. The van der Waals surface area contributed by atoms with Crippen molar-refractivity contribution in [3.63, 3.8) is 0 Å². The summed E-state index contributed by atoms with van der Waals surface area (Å²) < 4.78 is 22.3. The van der Waals surface area contributed by atoms with E-state index in [1.165, 1.54) is 7.11 Å². The zero-order chi connectivity index (χ0) is 16.4. The van der Waals surface area contributed by atoms with Crippen LogP contribution in [-0.4, -0.2) is 26.4 Å². The fourth-order valence-electron chi connectivity index (χ4n) is 3.01. The first-order valence-electron chi connectivity index (χ1n) is 7.46. The molecule has 0 radical (unpaired) electrons. The Morgan fingerprint density at radius 1 is 1.04 bits per heavy atom. The number of fused-ring (bicyclic) bond motifs is 1. The van der Waals surface area contributed by atoms with Crippen LogP contribution in [0.1, 0.15) is 23.7 Å². The molecule has 0 aromatic heterocycles. The molecule has 1 aliphatic rings. The smallest absolute Gasteiger partial charge is 0.203 e. The summed E-state index contributed by atoms with van der Waals surface area (Å²) in [4.78, 5) is 0. The van der Waals surface area contributed by atoms with Crippen LogP contribution >= 0.6 is 0 Å². The molecule has 5 nitrogen and oxygen atoms in total. The number of rotatable bonds is 4. The van der Waals surface area contributed by atoms with E-state index in [-0.39, 0.29) is 11.9 Å². The van der Waals surface area contributed by atoms with Gasteiger partial charge in [0.1, 0.15) is 17.6 Å². The van der Waals surface area contributed by atoms with Gasteiger partial charge in [-0.25, -0.2) is 0 Å². The summed E-state index contributed by atoms with van der Waals surface area (Å²) >= 11 is 0. The molecule has 1 atom stereocenters. The summed E-state index contributed by atoms with van der Waals surface area (Å²) in [5.41, 5.74) is 1.89. The lowest BCUT2D eigenvalue weighted by atomic mass is 9.95. The molecule has 1 heterocycles. The number of phenolic OH excluding ortho intramolecular Hbond substituents is 1. The summed E-state index contributed by atoms with van der Waals surface area (Å²) in [6.45, 7) is 0. The minimum Gasteiger partial charge on any atom is -0.504 e. The molecule has 0 saturated carbocycles. The van der Waals surface area contributed by atoms with E-state index in [1.54, 1.807) is 20.3 Å². The van der Waals surface area contributed by atoms with Crippen molar-refractivity contribution in [2.24, 2.45) is 0 Å². The lowest BCUT2D eigenvalue weighted by Crippen LogP contribution is -2.17. The number of ether oxygens (including phenoxy) is 4. The van der Waals surface area contributed by atoms with Gasteiger partial charge in [-0.15, -0.1) is 0 Å². The number of phenols is 1. The first-order chi connectivity index (χ1) is 11.2. The molecule has 0 saturated heterocycles. The highest BCUT2D eigenvalue weighted by Gasteiger charge is 2.30. The maximum Gasteiger partial charge on any atom is 0.203 e. The summed E-state index contributed by atoms with van der Waals surface area (Å²) in [7, 11) is 4.73. The third-order valence-corrected chi connectivity index (χ3v) is 4.10. The fourth-order valence-corrected chi connectivity index (χ4v) is 3.01. The normalized spacial score (nSPS) is 16.2. The quantitative estimate of drug-likeness (QED) is 0.936. The summed E-state index contributed by atoms with van der Waals surface area (Å²) in [6, 6.07) is 9.34. The molecular weight excluding hydrogens is 296 g/mol. The minimum absolute atomic E-state index is 0.00350. The predicted molar refractivity (Wildman–Crippen MR) is 85.9 cm³/mol. The average molecular weight is 316 g/mol. The maximum absolute atomic E-state index is 10.1. The molecule has 3 rings (SSSR count). The van der Waals surface area contributed by atoms with Crippen LogP contribution in [-0.2, 0) is 6.42 Å². The van der Waals surface area contributed by atoms with Crippen LogP contribution in [0.15, 0.2) is 30.3 Å². The minimum atomic E-state index is -0.168. The van der Waals surface area contributed by atoms with Gasteiger partial charge in [0.25, 0.3) is 0 Å². The monoisotopic (exact) mass is 316 g/mol. The van der Waals surface area contributed by atoms with Gasteiger partial charge in [-0.3, -0.25) is 0 Å². The SMILES string of the molecule is COc1ccccc1[C@H]1CCc2c(OC)cc(O)c(OC)c2O1. The van der Waals surface area contributed by atoms with E-state index < -0.39 is 0 Å². The second-order valence-electron chi connectivity index (χ2n) is 5.33. The van der Waals surface area contributed by atoms with E-state index >= 15 is 0 Å². The number of aromatic hydroxyl groups is 1. The highest BCUT2D eigenvalue weighted by Crippen LogP contribution is 2.50. The first kappa shape index (κ1) is 15.3. The van der Waals surface area contributed by atoms with Gasteiger partial charge in [-0.2, -0.15) is 0 Å². The van der Waals surface area contributed by atoms with Crippen LogP contribution in [0.5, 0.6) is 28.7 Å². The van der Waals surface area contributed by atoms with Crippen LogP contribution < -0.4 is 18.9 Å². The lowest BCUT2D eigenvalue weighted by molar-refractivity contribution is 0.161. The number of para-hydroxylation sites is 1. The van der Waals surface area contributed by atoms with Gasteiger partial charge in [-0.05, 0) is 18.9 Å². The molecule has 0 aliphatic carbocycles. The van der Waals surface area contributed by atoms with Crippen molar-refractivity contribution in [1.82, 2.24) is 0 Å². The van der Waals surface area contributed by atoms with Crippen LogP contribution in [0.3, 0.4) is 0 Å². The largest absolute Gasteiger partial charge is 0.504 e. The van der Waals surface area contributed by atoms with E-state index in [0.29, 0.717) is 17.2 Å². The second kappa shape index (κ2) is 6.28. The summed E-state index contributed by atoms with van der Waals surface area (Å²) in [5, 5.41) is 10.1. The second-order valence-corrected chi connectivity index (χ2v) is 5.33.